The average Bonchev–Trinajstić information content (AvgIpc) is 3.00. The number of amides is 1. The Kier molecular flexibility index (Phi) is 4.65. The molecule has 0 atom stereocenters. The molecule has 1 aromatic heterocycles. The van der Waals surface area contributed by atoms with E-state index < -0.39 is 0 Å². The molecule has 0 radical (unpaired) electrons. The first kappa shape index (κ1) is 16.9. The van der Waals surface area contributed by atoms with Crippen LogP contribution in [0.25, 0.3) is 10.9 Å². The number of carbonyl (C=O) groups excluding carboxylic acids is 1. The summed E-state index contributed by atoms with van der Waals surface area (Å²) in [5.74, 6) is 1.34. The van der Waals surface area contributed by atoms with Crippen LogP contribution in [0.5, 0.6) is 11.5 Å². The number of nitrogens with one attached hydrogen (secondary N) is 1. The quantitative estimate of drug-likeness (QED) is 0.767. The third-order valence-electron chi connectivity index (χ3n) is 4.26. The molecule has 0 aliphatic carbocycles. The first-order valence-electron chi connectivity index (χ1n) is 8.10. The Morgan fingerprint density at radius 3 is 2.60 bits per heavy atom. The van der Waals surface area contributed by atoms with Gasteiger partial charge in [0.1, 0.15) is 18.0 Å². The highest BCUT2D eigenvalue weighted by atomic mass is 16.5. The molecule has 0 unspecified atom stereocenters. The highest BCUT2D eigenvalue weighted by molar-refractivity contribution is 5.94. The van der Waals surface area contributed by atoms with E-state index in [1.54, 1.807) is 14.2 Å². The van der Waals surface area contributed by atoms with E-state index in [4.69, 9.17) is 9.47 Å². The van der Waals surface area contributed by atoms with Gasteiger partial charge in [-0.15, -0.1) is 0 Å². The van der Waals surface area contributed by atoms with Gasteiger partial charge < -0.3 is 19.4 Å². The molecule has 0 aliphatic heterocycles. The Morgan fingerprint density at radius 2 is 1.88 bits per heavy atom. The van der Waals surface area contributed by atoms with Gasteiger partial charge >= 0.3 is 0 Å². The van der Waals surface area contributed by atoms with Crippen molar-refractivity contribution in [3.63, 3.8) is 0 Å². The molecule has 3 rings (SSSR count). The number of aromatic nitrogens is 1. The Balaban J connectivity index is 1.87. The zero-order chi connectivity index (χ0) is 18.0. The molecule has 5 heteroatoms. The minimum Gasteiger partial charge on any atom is -0.497 e. The molecule has 25 heavy (non-hydrogen) atoms. The van der Waals surface area contributed by atoms with Crippen LogP contribution in [0, 0.1) is 13.8 Å². The molecule has 5 nitrogen and oxygen atoms in total. The number of benzene rings is 2. The Hall–Kier alpha value is -2.95. The number of hydrogen-bond acceptors (Lipinski definition) is 3. The van der Waals surface area contributed by atoms with Gasteiger partial charge in [-0.1, -0.05) is 12.1 Å². The van der Waals surface area contributed by atoms with E-state index in [0.717, 1.165) is 33.5 Å². The van der Waals surface area contributed by atoms with Crippen molar-refractivity contribution >= 4 is 22.5 Å². The van der Waals surface area contributed by atoms with E-state index in [1.807, 2.05) is 61.0 Å². The maximum Gasteiger partial charge on any atom is 0.244 e. The molecule has 0 spiro atoms. The summed E-state index contributed by atoms with van der Waals surface area (Å²) in [6.45, 7) is 4.20. The van der Waals surface area contributed by atoms with Crippen molar-refractivity contribution in [1.82, 2.24) is 4.57 Å². The highest BCUT2D eigenvalue weighted by Gasteiger charge is 2.12. The van der Waals surface area contributed by atoms with Crippen molar-refractivity contribution in [1.29, 1.82) is 0 Å². The first-order valence-corrected chi connectivity index (χ1v) is 8.10. The number of ether oxygens (including phenoxy) is 2. The van der Waals surface area contributed by atoms with Crippen LogP contribution in [-0.4, -0.2) is 24.7 Å². The van der Waals surface area contributed by atoms with E-state index >= 15 is 0 Å². The largest absolute Gasteiger partial charge is 0.497 e. The molecule has 1 heterocycles. The lowest BCUT2D eigenvalue weighted by Gasteiger charge is -2.11. The zero-order valence-corrected chi connectivity index (χ0v) is 14.9. The fraction of sp³-hybridized carbons (Fsp3) is 0.250. The molecule has 1 amide bonds. The summed E-state index contributed by atoms with van der Waals surface area (Å²) in [6, 6.07) is 11.7. The summed E-state index contributed by atoms with van der Waals surface area (Å²) in [5.41, 5.74) is 3.89. The third kappa shape index (κ3) is 3.45. The molecule has 3 aromatic rings. The van der Waals surface area contributed by atoms with E-state index in [-0.39, 0.29) is 12.5 Å². The van der Waals surface area contributed by atoms with Gasteiger partial charge in [-0.25, -0.2) is 0 Å². The number of methoxy groups -OCH3 is 2. The van der Waals surface area contributed by atoms with E-state index in [0.29, 0.717) is 5.75 Å². The number of nitrogens with zero attached hydrogens (tertiary/aromatic N) is 1. The van der Waals surface area contributed by atoms with Crippen molar-refractivity contribution in [2.75, 3.05) is 19.5 Å². The molecule has 130 valence electrons. The van der Waals surface area contributed by atoms with Crippen LogP contribution in [-0.2, 0) is 11.3 Å². The first-order chi connectivity index (χ1) is 12.0. The molecule has 0 saturated heterocycles. The number of carbonyl (C=O) groups is 1. The summed E-state index contributed by atoms with van der Waals surface area (Å²) in [7, 11) is 3.24. The van der Waals surface area contributed by atoms with Crippen LogP contribution in [0.2, 0.25) is 0 Å². The fourth-order valence-electron chi connectivity index (χ4n) is 2.88. The Bertz CT molecular complexity index is 928. The van der Waals surface area contributed by atoms with Crippen LogP contribution in [0.4, 0.5) is 5.69 Å². The SMILES string of the molecule is COc1cc(OC)c2ccn(CC(=O)Nc3cc(C)ccc3C)c2c1. The predicted molar refractivity (Wildman–Crippen MR) is 99.6 cm³/mol. The Labute approximate surface area is 147 Å². The van der Waals surface area contributed by atoms with Crippen molar-refractivity contribution in [3.05, 3.63) is 53.7 Å². The monoisotopic (exact) mass is 338 g/mol. The molecule has 0 bridgehead atoms. The minimum atomic E-state index is -0.0759. The second-order valence-corrected chi connectivity index (χ2v) is 6.07. The summed E-state index contributed by atoms with van der Waals surface area (Å²) in [4.78, 5) is 12.5. The lowest BCUT2D eigenvalue weighted by Crippen LogP contribution is -2.18. The zero-order valence-electron chi connectivity index (χ0n) is 14.9. The molecular weight excluding hydrogens is 316 g/mol. The summed E-state index contributed by atoms with van der Waals surface area (Å²) < 4.78 is 12.6. The smallest absolute Gasteiger partial charge is 0.244 e. The summed E-state index contributed by atoms with van der Waals surface area (Å²) >= 11 is 0. The molecule has 0 fully saturated rings. The van der Waals surface area contributed by atoms with Crippen molar-refractivity contribution < 1.29 is 14.3 Å². The molecule has 1 N–H and O–H groups in total. The fourth-order valence-corrected chi connectivity index (χ4v) is 2.88. The molecule has 2 aromatic carbocycles. The number of fused-ring (bicyclic) bond motifs is 1. The number of anilines is 1. The van der Waals surface area contributed by atoms with Crippen LogP contribution < -0.4 is 14.8 Å². The average molecular weight is 338 g/mol. The van der Waals surface area contributed by atoms with Gasteiger partial charge in [0.25, 0.3) is 0 Å². The topological polar surface area (TPSA) is 52.5 Å². The summed E-state index contributed by atoms with van der Waals surface area (Å²) in [5, 5.41) is 3.94. The lowest BCUT2D eigenvalue weighted by molar-refractivity contribution is -0.116. The maximum atomic E-state index is 12.5. The van der Waals surface area contributed by atoms with Crippen LogP contribution in [0.3, 0.4) is 0 Å². The van der Waals surface area contributed by atoms with Crippen molar-refractivity contribution in [2.45, 2.75) is 20.4 Å². The molecule has 0 aliphatic rings. The van der Waals surface area contributed by atoms with Crippen LogP contribution in [0.15, 0.2) is 42.6 Å². The number of rotatable bonds is 5. The minimum absolute atomic E-state index is 0.0759. The summed E-state index contributed by atoms with van der Waals surface area (Å²) in [6.07, 6.45) is 1.88. The maximum absolute atomic E-state index is 12.5. The van der Waals surface area contributed by atoms with E-state index in [1.165, 1.54) is 0 Å². The third-order valence-corrected chi connectivity index (χ3v) is 4.26. The van der Waals surface area contributed by atoms with Gasteiger partial charge in [-0.05, 0) is 37.1 Å². The Morgan fingerprint density at radius 1 is 1.08 bits per heavy atom. The van der Waals surface area contributed by atoms with Crippen molar-refractivity contribution in [2.24, 2.45) is 0 Å². The van der Waals surface area contributed by atoms with E-state index in [2.05, 4.69) is 5.32 Å². The van der Waals surface area contributed by atoms with Gasteiger partial charge in [0.05, 0.1) is 19.7 Å². The normalized spacial score (nSPS) is 10.7. The van der Waals surface area contributed by atoms with Gasteiger partial charge in [0.2, 0.25) is 5.91 Å². The second-order valence-electron chi connectivity index (χ2n) is 6.07. The molecular formula is C20H22N2O3. The van der Waals surface area contributed by atoms with Gasteiger partial charge in [-0.3, -0.25) is 4.79 Å². The van der Waals surface area contributed by atoms with Gasteiger partial charge in [-0.2, -0.15) is 0 Å². The lowest BCUT2D eigenvalue weighted by atomic mass is 10.1. The second kappa shape index (κ2) is 6.89. The van der Waals surface area contributed by atoms with Gasteiger partial charge in [0.15, 0.2) is 0 Å². The van der Waals surface area contributed by atoms with Crippen molar-refractivity contribution in [3.8, 4) is 11.5 Å². The van der Waals surface area contributed by atoms with Crippen LogP contribution in [0.1, 0.15) is 11.1 Å². The number of aryl methyl sites for hydroxylation is 2. The number of hydrogen-bond donors (Lipinski definition) is 1. The van der Waals surface area contributed by atoms with Crippen LogP contribution >= 0.6 is 0 Å². The highest BCUT2D eigenvalue weighted by Crippen LogP contribution is 2.32. The molecule has 0 saturated carbocycles. The predicted octanol–water partition coefficient (Wildman–Crippen LogP) is 3.91. The van der Waals surface area contributed by atoms with Gasteiger partial charge in [0, 0.05) is 29.4 Å². The van der Waals surface area contributed by atoms with E-state index in [9.17, 15) is 4.79 Å². The standard InChI is InChI=1S/C20H22N2O3/c1-13-5-6-14(2)17(9-13)21-20(23)12-22-8-7-16-18(22)10-15(24-3)11-19(16)25-4/h5-11H,12H2,1-4H3,(H,21,23).